The maximum atomic E-state index is 14.7. The van der Waals surface area contributed by atoms with Crippen LogP contribution in [0.4, 0.5) is 21.7 Å². The number of carbonyl (C=O) groups excluding carboxylic acids is 1. The highest BCUT2D eigenvalue weighted by atomic mass is 35.5. The van der Waals surface area contributed by atoms with Crippen molar-refractivity contribution in [3.63, 3.8) is 0 Å². The molecular weight excluding hydrogens is 497 g/mol. The molecule has 1 fully saturated rings. The van der Waals surface area contributed by atoms with Gasteiger partial charge in [0.1, 0.15) is 11.4 Å². The van der Waals surface area contributed by atoms with Crippen LogP contribution in [0.25, 0.3) is 16.9 Å². The van der Waals surface area contributed by atoms with Crippen molar-refractivity contribution in [1.29, 1.82) is 0 Å². The average Bonchev–Trinajstić information content (AvgIpc) is 3.19. The summed E-state index contributed by atoms with van der Waals surface area (Å²) < 4.78 is 16.2. The molecule has 11 heteroatoms. The Hall–Kier alpha value is -3.76. The lowest BCUT2D eigenvalue weighted by molar-refractivity contribution is -0.129. The van der Waals surface area contributed by atoms with E-state index in [1.165, 1.54) is 17.0 Å². The molecule has 0 aliphatic carbocycles. The van der Waals surface area contributed by atoms with Crippen molar-refractivity contribution >= 4 is 45.9 Å². The van der Waals surface area contributed by atoms with E-state index in [0.717, 1.165) is 5.69 Å². The van der Waals surface area contributed by atoms with E-state index in [4.69, 9.17) is 11.6 Å². The van der Waals surface area contributed by atoms with Gasteiger partial charge in [0.25, 0.3) is 0 Å². The van der Waals surface area contributed by atoms with E-state index in [1.54, 1.807) is 45.0 Å². The zero-order chi connectivity index (χ0) is 26.3. The van der Waals surface area contributed by atoms with Crippen molar-refractivity contribution in [2.24, 2.45) is 0 Å². The molecule has 0 spiro atoms. The molecule has 4 heterocycles. The lowest BCUT2D eigenvalue weighted by atomic mass is 10.1. The zero-order valence-electron chi connectivity index (χ0n) is 20.7. The summed E-state index contributed by atoms with van der Waals surface area (Å²) in [5.74, 6) is 0.295. The van der Waals surface area contributed by atoms with Crippen LogP contribution < -0.4 is 10.2 Å². The first-order chi connectivity index (χ1) is 17.6. The van der Waals surface area contributed by atoms with Gasteiger partial charge in [-0.25, -0.2) is 14.4 Å². The topological polar surface area (TPSA) is 99.4 Å². The number of nitrogens with one attached hydrogen (secondary N) is 1. The number of carbonyl (C=O) groups is 1. The third-order valence-corrected chi connectivity index (χ3v) is 6.68. The Morgan fingerprint density at radius 2 is 1.89 bits per heavy atom. The van der Waals surface area contributed by atoms with Crippen LogP contribution in [0.3, 0.4) is 0 Å². The number of nitrogens with zero attached hydrogens (tertiary/aromatic N) is 6. The number of hydrogen-bond acceptors (Lipinski definition) is 7. The highest BCUT2D eigenvalue weighted by Crippen LogP contribution is 2.31. The second-order valence-electron chi connectivity index (χ2n) is 9.50. The van der Waals surface area contributed by atoms with E-state index in [0.29, 0.717) is 54.0 Å². The second-order valence-corrected chi connectivity index (χ2v) is 9.91. The van der Waals surface area contributed by atoms with Gasteiger partial charge in [-0.1, -0.05) is 17.7 Å². The molecule has 0 bridgehead atoms. The Morgan fingerprint density at radius 1 is 1.14 bits per heavy atom. The van der Waals surface area contributed by atoms with Gasteiger partial charge in [-0.2, -0.15) is 4.98 Å². The fourth-order valence-corrected chi connectivity index (χ4v) is 4.63. The number of anilines is 3. The molecule has 0 saturated carbocycles. The monoisotopic (exact) mass is 523 g/mol. The minimum Gasteiger partial charge on any atom is -0.384 e. The van der Waals surface area contributed by atoms with Crippen molar-refractivity contribution in [2.75, 3.05) is 36.4 Å². The Balaban J connectivity index is 1.40. The van der Waals surface area contributed by atoms with Gasteiger partial charge in [0, 0.05) is 51.2 Å². The summed E-state index contributed by atoms with van der Waals surface area (Å²) in [5, 5.41) is 14.3. The lowest BCUT2D eigenvalue weighted by Crippen LogP contribution is -2.48. The summed E-state index contributed by atoms with van der Waals surface area (Å²) >= 11 is 6.60. The van der Waals surface area contributed by atoms with Crippen LogP contribution in [0.5, 0.6) is 0 Å². The number of hydrogen-bond donors (Lipinski definition) is 2. The number of aromatic nitrogens is 4. The van der Waals surface area contributed by atoms with Gasteiger partial charge >= 0.3 is 0 Å². The first-order valence-corrected chi connectivity index (χ1v) is 12.3. The molecule has 192 valence electrons. The first-order valence-electron chi connectivity index (χ1n) is 11.9. The van der Waals surface area contributed by atoms with E-state index >= 15 is 0 Å². The molecule has 1 aliphatic heterocycles. The van der Waals surface area contributed by atoms with Gasteiger partial charge in [-0.15, -0.1) is 0 Å². The van der Waals surface area contributed by atoms with E-state index in [-0.39, 0.29) is 17.2 Å². The molecule has 37 heavy (non-hydrogen) atoms. The molecule has 0 atom stereocenters. The summed E-state index contributed by atoms with van der Waals surface area (Å²) in [6.07, 6.45) is 2.72. The Labute approximate surface area is 218 Å². The van der Waals surface area contributed by atoms with Gasteiger partial charge in [-0.3, -0.25) is 9.36 Å². The fraction of sp³-hybridized carbons (Fsp3) is 0.308. The lowest BCUT2D eigenvalue weighted by Gasteiger charge is -2.36. The zero-order valence-corrected chi connectivity index (χ0v) is 21.5. The summed E-state index contributed by atoms with van der Waals surface area (Å²) in [5.41, 5.74) is 1.21. The standard InChI is InChI=1S/C26H27ClFN7O2/c1-16(36)33-9-11-34(12-10-33)21-8-7-17(13-19(21)27)30-25-29-14-18-20(28)15-35(24(18)32-25)23-6-4-5-22(31-23)26(2,3)37/h4-8,13-15,37H,9-12H2,1-3H3,(H,29,30,32). The molecule has 1 aromatic carbocycles. The Morgan fingerprint density at radius 3 is 2.57 bits per heavy atom. The first kappa shape index (κ1) is 24.9. The van der Waals surface area contributed by atoms with Crippen LogP contribution in [0.15, 0.2) is 48.8 Å². The molecular formula is C26H27ClFN7O2. The van der Waals surface area contributed by atoms with Crippen LogP contribution in [-0.4, -0.2) is 61.6 Å². The minimum atomic E-state index is -1.15. The number of amides is 1. The summed E-state index contributed by atoms with van der Waals surface area (Å²) in [4.78, 5) is 28.9. The fourth-order valence-electron chi connectivity index (χ4n) is 4.33. The van der Waals surface area contributed by atoms with Crippen LogP contribution in [-0.2, 0) is 10.4 Å². The highest BCUT2D eigenvalue weighted by Gasteiger charge is 2.22. The van der Waals surface area contributed by atoms with Crippen molar-refractivity contribution in [3.8, 4) is 5.82 Å². The maximum absolute atomic E-state index is 14.7. The molecule has 1 amide bonds. The van der Waals surface area contributed by atoms with Crippen molar-refractivity contribution in [1.82, 2.24) is 24.4 Å². The quantitative estimate of drug-likeness (QED) is 0.403. The normalized spacial score (nSPS) is 14.3. The molecule has 5 rings (SSSR count). The van der Waals surface area contributed by atoms with Crippen LogP contribution in [0.2, 0.25) is 5.02 Å². The third kappa shape index (κ3) is 5.07. The molecule has 1 aliphatic rings. The van der Waals surface area contributed by atoms with Crippen LogP contribution >= 0.6 is 11.6 Å². The largest absolute Gasteiger partial charge is 0.384 e. The predicted octanol–water partition coefficient (Wildman–Crippen LogP) is 4.25. The number of aliphatic hydroxyl groups is 1. The van der Waals surface area contributed by atoms with Gasteiger partial charge in [-0.05, 0) is 44.2 Å². The van der Waals surface area contributed by atoms with Gasteiger partial charge in [0.2, 0.25) is 11.9 Å². The van der Waals surface area contributed by atoms with E-state index in [2.05, 4.69) is 25.2 Å². The SMILES string of the molecule is CC(=O)N1CCN(c2ccc(Nc3ncc4c(F)cn(-c5cccc(C(C)(C)O)n5)c4n3)cc2Cl)CC1. The number of piperazine rings is 1. The van der Waals surface area contributed by atoms with Crippen molar-refractivity contribution in [3.05, 3.63) is 65.3 Å². The number of halogens is 2. The second kappa shape index (κ2) is 9.60. The summed E-state index contributed by atoms with van der Waals surface area (Å²) in [6, 6.07) is 10.8. The molecule has 2 N–H and O–H groups in total. The van der Waals surface area contributed by atoms with E-state index in [9.17, 15) is 14.3 Å². The number of benzene rings is 1. The predicted molar refractivity (Wildman–Crippen MR) is 141 cm³/mol. The van der Waals surface area contributed by atoms with Gasteiger partial charge in [0.05, 0.1) is 21.8 Å². The smallest absolute Gasteiger partial charge is 0.229 e. The molecule has 1 saturated heterocycles. The number of pyridine rings is 1. The number of fused-ring (bicyclic) bond motifs is 1. The van der Waals surface area contributed by atoms with E-state index < -0.39 is 11.4 Å². The van der Waals surface area contributed by atoms with E-state index in [1.807, 2.05) is 17.0 Å². The van der Waals surface area contributed by atoms with Crippen LogP contribution in [0, 0.1) is 5.82 Å². The summed E-state index contributed by atoms with van der Waals surface area (Å²) in [6.45, 7) is 7.58. The molecule has 3 aromatic heterocycles. The van der Waals surface area contributed by atoms with Crippen molar-refractivity contribution < 1.29 is 14.3 Å². The van der Waals surface area contributed by atoms with Crippen molar-refractivity contribution in [2.45, 2.75) is 26.4 Å². The Bertz CT molecular complexity index is 1480. The third-order valence-electron chi connectivity index (χ3n) is 6.37. The van der Waals surface area contributed by atoms with Crippen LogP contribution in [0.1, 0.15) is 26.5 Å². The Kier molecular flexibility index (Phi) is 6.47. The minimum absolute atomic E-state index is 0.0778. The average molecular weight is 524 g/mol. The van der Waals surface area contributed by atoms with Gasteiger partial charge in [0.15, 0.2) is 11.5 Å². The summed E-state index contributed by atoms with van der Waals surface area (Å²) in [7, 11) is 0. The number of rotatable bonds is 5. The molecule has 9 nitrogen and oxygen atoms in total. The van der Waals surface area contributed by atoms with Gasteiger partial charge < -0.3 is 20.2 Å². The maximum Gasteiger partial charge on any atom is 0.229 e. The molecule has 0 radical (unpaired) electrons. The molecule has 0 unspecified atom stereocenters. The molecule has 4 aromatic rings. The highest BCUT2D eigenvalue weighted by molar-refractivity contribution is 6.33.